The molecule has 101 heavy (non-hydrogen) atoms. The van der Waals surface area contributed by atoms with Crippen LogP contribution in [0, 0.1) is 26.7 Å². The third kappa shape index (κ3) is 9.73. The molecule has 0 radical (unpaired) electrons. The van der Waals surface area contributed by atoms with Crippen LogP contribution in [-0.4, -0.2) is 26.4 Å². The summed E-state index contributed by atoms with van der Waals surface area (Å²) in [7, 11) is 0. The fraction of sp³-hybridized carbons (Fsp3) is 0.0957. The smallest absolute Gasteiger partial charge is 0.132 e. The Morgan fingerprint density at radius 3 is 1.49 bits per heavy atom. The quantitative estimate of drug-likeness (QED) is 0.143. The maximum atomic E-state index is 6.92. The molecule has 0 saturated heterocycles. The third-order valence-corrected chi connectivity index (χ3v) is 22.9. The summed E-state index contributed by atoms with van der Waals surface area (Å²) >= 11 is 1.89. The molecule has 0 amide bonds. The van der Waals surface area contributed by atoms with Crippen molar-refractivity contribution < 1.29 is 4.74 Å². The second kappa shape index (κ2) is 23.9. The minimum Gasteiger partial charge on any atom is -0.457 e. The average molecular weight is 1310 g/mol. The zero-order valence-corrected chi connectivity index (χ0v) is 57.2. The Morgan fingerprint density at radius 2 is 0.861 bits per heavy atom. The van der Waals surface area contributed by atoms with Crippen molar-refractivity contribution in [2.75, 3.05) is 0 Å². The molecule has 2 aliphatic carbocycles. The highest BCUT2D eigenvalue weighted by Crippen LogP contribution is 2.64. The van der Waals surface area contributed by atoms with Gasteiger partial charge in [0, 0.05) is 84.1 Å². The SMILES string of the molecule is Cc1ccc(-c2ccc(-c3ccc(-c4ccc(-c5ccc6c(c5)C5(c7ccccc7Oc7ccc(Cc8ccc(-c9ccc(C%10=C/C=C(/c%11ccc%12c(c%11)C%11(c%13ccccc%13Sc%13ccccc%13%11)c%11ccccc%11-%12)C(C)CC=N%10)cc9)c(C)n8)cc75)c5ccccc5-6)cc4)nn3)cc2)c(C)n1. The Labute approximate surface area is 593 Å². The predicted octanol–water partition coefficient (Wildman–Crippen LogP) is 22.9. The van der Waals surface area contributed by atoms with Crippen molar-refractivity contribution in [2.45, 2.75) is 61.2 Å². The van der Waals surface area contributed by atoms with Crippen molar-refractivity contribution in [3.8, 4) is 89.6 Å². The summed E-state index contributed by atoms with van der Waals surface area (Å²) in [6, 6.07) is 105. The van der Waals surface area contributed by atoms with Crippen molar-refractivity contribution >= 4 is 29.2 Å². The number of aromatic nitrogens is 4. The molecule has 7 heteroatoms. The molecule has 2 atom stereocenters. The molecule has 11 aromatic carbocycles. The number of pyridine rings is 2. The molecular formula is C94H67N5OS. The first-order valence-corrected chi connectivity index (χ1v) is 35.8. The van der Waals surface area contributed by atoms with Gasteiger partial charge in [0.15, 0.2) is 0 Å². The number of aliphatic imine (C=N–C) groups is 1. The second-order valence-electron chi connectivity index (χ2n) is 27.5. The number of rotatable bonds is 9. The lowest BCUT2D eigenvalue weighted by molar-refractivity contribution is 0.436. The van der Waals surface area contributed by atoms with Crippen LogP contribution in [0.2, 0.25) is 0 Å². The Kier molecular flexibility index (Phi) is 14.3. The summed E-state index contributed by atoms with van der Waals surface area (Å²) in [5.74, 6) is 1.98. The topological polar surface area (TPSA) is 73.2 Å². The van der Waals surface area contributed by atoms with Crippen molar-refractivity contribution in [1.29, 1.82) is 0 Å². The number of allylic oxidation sites excluding steroid dienone is 3. The molecule has 3 aromatic heterocycles. The van der Waals surface area contributed by atoms with E-state index >= 15 is 0 Å². The lowest BCUT2D eigenvalue weighted by Crippen LogP contribution is -2.32. The predicted molar refractivity (Wildman–Crippen MR) is 412 cm³/mol. The first-order valence-electron chi connectivity index (χ1n) is 34.9. The van der Waals surface area contributed by atoms with E-state index in [2.05, 4.69) is 329 Å². The van der Waals surface area contributed by atoms with E-state index in [0.29, 0.717) is 6.42 Å². The number of ether oxygens (including phenoxy) is 1. The molecule has 5 aliphatic rings. The lowest BCUT2D eigenvalue weighted by Gasteiger charge is -2.39. The summed E-state index contributed by atoms with van der Waals surface area (Å²) in [4.78, 5) is 17.7. The van der Waals surface area contributed by atoms with Crippen LogP contribution in [0.4, 0.5) is 0 Å². The summed E-state index contributed by atoms with van der Waals surface area (Å²) in [5.41, 5.74) is 34.3. The van der Waals surface area contributed by atoms with E-state index in [9.17, 15) is 0 Å². The molecule has 0 saturated carbocycles. The van der Waals surface area contributed by atoms with Crippen LogP contribution in [0.5, 0.6) is 11.5 Å². The standard InChI is InChI=1S/C94H67N5OS/c1-57-51-52-95-86(47-46-71(57)69-40-44-77-75-16-6-8-18-79(75)94(84(77)56-69)81-20-10-13-23-91(81)101-92-24-14-11-21-82(92)94)65-35-29-64(30-36-65)73-45-41-70(97-60(73)4)53-61-26-50-90-85(54-61)93(80-19-9-12-22-89(80)100-90)78-17-7-5-15-74(78)76-43-39-68(55-83(76)93)62-27-33-66(34-28-62)87-48-49-88(99-98-87)67-37-31-63(32-38-67)72-42-25-58(2)96-59(72)3/h5-50,52,54-57H,51,53H2,1-4H3/b71-46+,86-47?,95-52?. The van der Waals surface area contributed by atoms with Gasteiger partial charge in [-0.05, 0) is 194 Å². The van der Waals surface area contributed by atoms with E-state index in [1.54, 1.807) is 0 Å². The number of fused-ring (bicyclic) bond motifs is 18. The van der Waals surface area contributed by atoms with Crippen LogP contribution in [-0.2, 0) is 17.3 Å². The molecule has 6 heterocycles. The van der Waals surface area contributed by atoms with Gasteiger partial charge in [-0.3, -0.25) is 15.0 Å². The van der Waals surface area contributed by atoms with Gasteiger partial charge in [-0.15, -0.1) is 10.2 Å². The van der Waals surface area contributed by atoms with Gasteiger partial charge in [0.1, 0.15) is 11.5 Å². The Hall–Kier alpha value is -11.9. The van der Waals surface area contributed by atoms with Gasteiger partial charge < -0.3 is 4.74 Å². The summed E-state index contributed by atoms with van der Waals surface area (Å²) in [6.07, 6.45) is 8.14. The molecule has 480 valence electrons. The summed E-state index contributed by atoms with van der Waals surface area (Å²) in [5, 5.41) is 9.42. The highest BCUT2D eigenvalue weighted by Gasteiger charge is 2.52. The van der Waals surface area contributed by atoms with Gasteiger partial charge in [-0.1, -0.05) is 249 Å². The molecule has 2 unspecified atom stereocenters. The Balaban J connectivity index is 0.597. The first kappa shape index (κ1) is 60.3. The Bertz CT molecular complexity index is 5780. The fourth-order valence-corrected chi connectivity index (χ4v) is 18.2. The zero-order chi connectivity index (χ0) is 67.5. The number of hydrogen-bond donors (Lipinski definition) is 0. The largest absolute Gasteiger partial charge is 0.457 e. The van der Waals surface area contributed by atoms with E-state index in [0.717, 1.165) is 125 Å². The van der Waals surface area contributed by atoms with Crippen molar-refractivity contribution in [3.63, 3.8) is 0 Å². The number of para-hydroxylation sites is 1. The highest BCUT2D eigenvalue weighted by molar-refractivity contribution is 7.99. The third-order valence-electron chi connectivity index (χ3n) is 21.7. The monoisotopic (exact) mass is 1310 g/mol. The van der Waals surface area contributed by atoms with Gasteiger partial charge in [-0.2, -0.15) is 0 Å². The first-order chi connectivity index (χ1) is 49.6. The van der Waals surface area contributed by atoms with Crippen LogP contribution in [0.15, 0.2) is 312 Å². The van der Waals surface area contributed by atoms with Crippen LogP contribution in [0.25, 0.3) is 89.4 Å². The number of benzene rings is 11. The molecule has 14 aromatic rings. The molecule has 3 aliphatic heterocycles. The number of hydrogen-bond acceptors (Lipinski definition) is 7. The maximum Gasteiger partial charge on any atom is 0.132 e. The van der Waals surface area contributed by atoms with Crippen LogP contribution < -0.4 is 4.74 Å². The fourth-order valence-electron chi connectivity index (χ4n) is 17.0. The van der Waals surface area contributed by atoms with E-state index < -0.39 is 10.8 Å². The van der Waals surface area contributed by atoms with Crippen molar-refractivity contribution in [3.05, 3.63) is 381 Å². The van der Waals surface area contributed by atoms with E-state index in [-0.39, 0.29) is 5.92 Å². The van der Waals surface area contributed by atoms with E-state index in [1.165, 1.54) is 76.6 Å². The molecule has 2 spiro atoms. The Morgan fingerprint density at radius 1 is 0.376 bits per heavy atom. The van der Waals surface area contributed by atoms with Gasteiger partial charge in [0.05, 0.1) is 27.9 Å². The summed E-state index contributed by atoms with van der Waals surface area (Å²) in [6.45, 7) is 8.55. The molecular weight excluding hydrogens is 1250 g/mol. The van der Waals surface area contributed by atoms with Gasteiger partial charge in [-0.25, -0.2) is 0 Å². The second-order valence-corrected chi connectivity index (χ2v) is 28.6. The minimum absolute atomic E-state index is 0.262. The van der Waals surface area contributed by atoms with Crippen molar-refractivity contribution in [1.82, 2.24) is 20.2 Å². The van der Waals surface area contributed by atoms with Crippen LogP contribution in [0.1, 0.15) is 97.3 Å². The van der Waals surface area contributed by atoms with Crippen LogP contribution in [0.3, 0.4) is 0 Å². The minimum atomic E-state index is -0.653. The van der Waals surface area contributed by atoms with Gasteiger partial charge >= 0.3 is 0 Å². The van der Waals surface area contributed by atoms with E-state index in [4.69, 9.17) is 24.9 Å². The van der Waals surface area contributed by atoms with Crippen LogP contribution >= 0.6 is 11.8 Å². The van der Waals surface area contributed by atoms with E-state index in [1.807, 2.05) is 18.7 Å². The molecule has 0 fully saturated rings. The molecule has 19 rings (SSSR count). The van der Waals surface area contributed by atoms with Gasteiger partial charge in [0.2, 0.25) is 0 Å². The number of nitrogens with zero attached hydrogens (tertiary/aromatic N) is 5. The zero-order valence-electron chi connectivity index (χ0n) is 56.4. The van der Waals surface area contributed by atoms with Gasteiger partial charge in [0.25, 0.3) is 0 Å². The molecule has 6 nitrogen and oxygen atoms in total. The maximum absolute atomic E-state index is 6.92. The summed E-state index contributed by atoms with van der Waals surface area (Å²) < 4.78 is 6.92. The lowest BCUT2D eigenvalue weighted by atomic mass is 9.65. The highest BCUT2D eigenvalue weighted by atomic mass is 32.2. The normalized spacial score (nSPS) is 16.6. The molecule has 0 bridgehead atoms. The number of aryl methyl sites for hydroxylation is 3. The molecule has 0 N–H and O–H groups in total. The van der Waals surface area contributed by atoms with Crippen molar-refractivity contribution in [2.24, 2.45) is 10.9 Å². The average Bonchev–Trinajstić information content (AvgIpc) is 1.56.